The summed E-state index contributed by atoms with van der Waals surface area (Å²) < 4.78 is 54.1. The van der Waals surface area contributed by atoms with Crippen molar-refractivity contribution in [1.29, 1.82) is 0 Å². The Hall–Kier alpha value is -4.15. The molecular formula is C22H16F4N6O. The van der Waals surface area contributed by atoms with Crippen molar-refractivity contribution in [2.75, 3.05) is 0 Å². The third kappa shape index (κ3) is 4.71. The number of aromatic nitrogens is 5. The second-order valence-electron chi connectivity index (χ2n) is 7.16. The molecule has 2 heterocycles. The molecule has 0 bridgehead atoms. The summed E-state index contributed by atoms with van der Waals surface area (Å²) in [6.07, 6.45) is -2.02. The number of hydrogen-bond donors (Lipinski definition) is 1. The van der Waals surface area contributed by atoms with E-state index in [9.17, 15) is 22.4 Å². The number of tetrazole rings is 1. The van der Waals surface area contributed by atoms with Crippen molar-refractivity contribution in [2.45, 2.75) is 19.0 Å². The fourth-order valence-electron chi connectivity index (χ4n) is 3.46. The number of pyridine rings is 1. The number of alkyl halides is 3. The van der Waals surface area contributed by atoms with Crippen LogP contribution in [0.2, 0.25) is 0 Å². The highest BCUT2D eigenvalue weighted by Gasteiger charge is 2.30. The van der Waals surface area contributed by atoms with Crippen LogP contribution in [-0.4, -0.2) is 31.1 Å². The Morgan fingerprint density at radius 3 is 2.45 bits per heavy atom. The number of rotatable bonds is 6. The van der Waals surface area contributed by atoms with Crippen LogP contribution in [0.15, 0.2) is 61.1 Å². The van der Waals surface area contributed by atoms with Gasteiger partial charge in [-0.15, -0.1) is 5.10 Å². The molecule has 0 spiro atoms. The van der Waals surface area contributed by atoms with Crippen molar-refractivity contribution >= 4 is 5.91 Å². The summed E-state index contributed by atoms with van der Waals surface area (Å²) in [4.78, 5) is 16.2. The van der Waals surface area contributed by atoms with E-state index in [0.717, 1.165) is 6.07 Å². The second kappa shape index (κ2) is 8.77. The van der Waals surface area contributed by atoms with Gasteiger partial charge in [0.1, 0.15) is 12.1 Å². The summed E-state index contributed by atoms with van der Waals surface area (Å²) in [6, 6.07) is 11.4. The lowest BCUT2D eigenvalue weighted by atomic mass is 9.94. The van der Waals surface area contributed by atoms with E-state index in [-0.39, 0.29) is 29.9 Å². The zero-order chi connectivity index (χ0) is 23.6. The SMILES string of the molecule is NC(=O)c1cc(-c2ccc(C(F)(F)F)cn2)cc(-n2cnnn2)c1CCc1ccccc1F. The van der Waals surface area contributed by atoms with Crippen molar-refractivity contribution in [2.24, 2.45) is 5.73 Å². The highest BCUT2D eigenvalue weighted by Crippen LogP contribution is 2.32. The van der Waals surface area contributed by atoms with E-state index < -0.39 is 17.6 Å². The van der Waals surface area contributed by atoms with Gasteiger partial charge in [-0.05, 0) is 64.7 Å². The summed E-state index contributed by atoms with van der Waals surface area (Å²) in [5, 5.41) is 11.1. The standard InChI is InChI=1S/C22H16F4N6O/c23-18-4-2-1-3-13(18)5-7-16-17(21(27)33)9-14(10-20(16)32-12-29-30-31-32)19-8-6-15(11-28-19)22(24,25)26/h1-4,6,8-12H,5,7H2,(H2,27,33). The van der Waals surface area contributed by atoms with E-state index in [2.05, 4.69) is 20.5 Å². The van der Waals surface area contributed by atoms with Crippen LogP contribution in [0, 0.1) is 5.82 Å². The Morgan fingerprint density at radius 1 is 1.06 bits per heavy atom. The van der Waals surface area contributed by atoms with Gasteiger partial charge in [0.2, 0.25) is 5.91 Å². The van der Waals surface area contributed by atoms with Gasteiger partial charge >= 0.3 is 6.18 Å². The van der Waals surface area contributed by atoms with Gasteiger partial charge < -0.3 is 5.73 Å². The van der Waals surface area contributed by atoms with Gasteiger partial charge in [-0.3, -0.25) is 9.78 Å². The predicted molar refractivity (Wildman–Crippen MR) is 110 cm³/mol. The number of hydrogen-bond acceptors (Lipinski definition) is 5. The number of primary amides is 1. The van der Waals surface area contributed by atoms with Gasteiger partial charge in [0.25, 0.3) is 0 Å². The largest absolute Gasteiger partial charge is 0.417 e. The summed E-state index contributed by atoms with van der Waals surface area (Å²) in [5.74, 6) is -1.14. The van der Waals surface area contributed by atoms with Crippen LogP contribution >= 0.6 is 0 Å². The predicted octanol–water partition coefficient (Wildman–Crippen LogP) is 3.77. The summed E-state index contributed by atoms with van der Waals surface area (Å²) >= 11 is 0. The molecule has 0 saturated heterocycles. The monoisotopic (exact) mass is 456 g/mol. The molecule has 0 aliphatic heterocycles. The van der Waals surface area contributed by atoms with E-state index in [1.165, 1.54) is 29.2 Å². The maximum Gasteiger partial charge on any atom is 0.417 e. The van der Waals surface area contributed by atoms with Crippen molar-refractivity contribution < 1.29 is 22.4 Å². The highest BCUT2D eigenvalue weighted by molar-refractivity contribution is 5.97. The van der Waals surface area contributed by atoms with Crippen molar-refractivity contribution in [3.05, 3.63) is 89.1 Å². The minimum Gasteiger partial charge on any atom is -0.366 e. The zero-order valence-electron chi connectivity index (χ0n) is 16.9. The number of benzene rings is 2. The van der Waals surface area contributed by atoms with Crippen LogP contribution < -0.4 is 5.73 Å². The zero-order valence-corrected chi connectivity index (χ0v) is 16.9. The lowest BCUT2D eigenvalue weighted by Crippen LogP contribution is -2.17. The highest BCUT2D eigenvalue weighted by atomic mass is 19.4. The van der Waals surface area contributed by atoms with Gasteiger partial charge in [-0.25, -0.2) is 9.07 Å². The molecule has 0 atom stereocenters. The minimum absolute atomic E-state index is 0.107. The number of halogens is 4. The second-order valence-corrected chi connectivity index (χ2v) is 7.16. The Kier molecular flexibility index (Phi) is 5.86. The Bertz CT molecular complexity index is 1290. The van der Waals surface area contributed by atoms with Crippen molar-refractivity contribution in [3.8, 4) is 16.9 Å². The first kappa shape index (κ1) is 22.1. The van der Waals surface area contributed by atoms with Crippen molar-refractivity contribution in [3.63, 3.8) is 0 Å². The molecular weight excluding hydrogens is 440 g/mol. The van der Waals surface area contributed by atoms with E-state index in [1.54, 1.807) is 24.3 Å². The molecule has 0 radical (unpaired) electrons. The number of amides is 1. The van der Waals surface area contributed by atoms with Crippen LogP contribution in [0.5, 0.6) is 0 Å². The summed E-state index contributed by atoms with van der Waals surface area (Å²) in [7, 11) is 0. The summed E-state index contributed by atoms with van der Waals surface area (Å²) in [5.41, 5.74) is 6.66. The van der Waals surface area contributed by atoms with Gasteiger partial charge in [-0.2, -0.15) is 13.2 Å². The van der Waals surface area contributed by atoms with E-state index in [1.807, 2.05) is 0 Å². The summed E-state index contributed by atoms with van der Waals surface area (Å²) in [6.45, 7) is 0. The van der Waals surface area contributed by atoms with Crippen molar-refractivity contribution in [1.82, 2.24) is 25.2 Å². The molecule has 0 aliphatic carbocycles. The molecule has 0 unspecified atom stereocenters. The Morgan fingerprint density at radius 2 is 1.85 bits per heavy atom. The number of nitrogens with two attached hydrogens (primary N) is 1. The molecule has 1 amide bonds. The van der Waals surface area contributed by atoms with E-state index >= 15 is 0 Å². The topological polar surface area (TPSA) is 99.6 Å². The minimum atomic E-state index is -4.53. The first-order chi connectivity index (χ1) is 15.7. The molecule has 11 heteroatoms. The fourth-order valence-corrected chi connectivity index (χ4v) is 3.46. The van der Waals surface area contributed by atoms with Crippen LogP contribution in [0.1, 0.15) is 27.0 Å². The fraction of sp³-hybridized carbons (Fsp3) is 0.136. The smallest absolute Gasteiger partial charge is 0.366 e. The molecule has 2 aromatic heterocycles. The molecule has 33 heavy (non-hydrogen) atoms. The molecule has 0 aliphatic rings. The first-order valence-electron chi connectivity index (χ1n) is 9.71. The molecule has 7 nitrogen and oxygen atoms in total. The average Bonchev–Trinajstić information content (AvgIpc) is 3.32. The molecule has 0 fully saturated rings. The molecule has 0 saturated carbocycles. The number of carbonyl (C=O) groups is 1. The van der Waals surface area contributed by atoms with Crippen LogP contribution in [0.25, 0.3) is 16.9 Å². The van der Waals surface area contributed by atoms with Gasteiger partial charge in [0, 0.05) is 17.3 Å². The van der Waals surface area contributed by atoms with Crippen LogP contribution in [0.4, 0.5) is 17.6 Å². The van der Waals surface area contributed by atoms with Crippen LogP contribution in [0.3, 0.4) is 0 Å². The average molecular weight is 456 g/mol. The van der Waals surface area contributed by atoms with E-state index in [0.29, 0.717) is 28.6 Å². The number of nitrogens with zero attached hydrogens (tertiary/aromatic N) is 5. The number of aryl methyl sites for hydroxylation is 1. The molecule has 4 aromatic rings. The van der Waals surface area contributed by atoms with E-state index in [4.69, 9.17) is 5.73 Å². The van der Waals surface area contributed by atoms with Crippen LogP contribution in [-0.2, 0) is 19.0 Å². The van der Waals surface area contributed by atoms with Gasteiger partial charge in [0.15, 0.2) is 0 Å². The normalized spacial score (nSPS) is 11.5. The maximum absolute atomic E-state index is 14.1. The molecule has 168 valence electrons. The quantitative estimate of drug-likeness (QED) is 0.446. The third-order valence-electron chi connectivity index (χ3n) is 5.08. The Labute approximate surface area is 184 Å². The molecule has 2 N–H and O–H groups in total. The van der Waals surface area contributed by atoms with Gasteiger partial charge in [-0.1, -0.05) is 18.2 Å². The Balaban J connectivity index is 1.81. The van der Waals surface area contributed by atoms with Gasteiger partial charge in [0.05, 0.1) is 16.9 Å². The lowest BCUT2D eigenvalue weighted by Gasteiger charge is -2.16. The molecule has 2 aromatic carbocycles. The third-order valence-corrected chi connectivity index (χ3v) is 5.08. The maximum atomic E-state index is 14.1. The first-order valence-corrected chi connectivity index (χ1v) is 9.71. The molecule has 4 rings (SSSR count). The number of carbonyl (C=O) groups excluding carboxylic acids is 1. The lowest BCUT2D eigenvalue weighted by molar-refractivity contribution is -0.137.